The van der Waals surface area contributed by atoms with Crippen LogP contribution >= 0.6 is 0 Å². The fourth-order valence-corrected chi connectivity index (χ4v) is 5.34. The van der Waals surface area contributed by atoms with Crippen LogP contribution in [0.1, 0.15) is 55.1 Å². The summed E-state index contributed by atoms with van der Waals surface area (Å²) in [6.07, 6.45) is 9.83. The van der Waals surface area contributed by atoms with Crippen molar-refractivity contribution in [2.75, 3.05) is 11.9 Å². The van der Waals surface area contributed by atoms with Crippen molar-refractivity contribution in [1.82, 2.24) is 9.88 Å². The fourth-order valence-electron chi connectivity index (χ4n) is 5.34. The number of fused-ring (bicyclic) bond motifs is 5. The Hall–Kier alpha value is -2.29. The molecule has 0 amide bonds. The Balaban J connectivity index is 1.81. The van der Waals surface area contributed by atoms with E-state index >= 15 is 0 Å². The van der Waals surface area contributed by atoms with E-state index in [1.54, 1.807) is 0 Å². The van der Waals surface area contributed by atoms with Gasteiger partial charge in [0.25, 0.3) is 0 Å². The first-order chi connectivity index (χ1) is 12.5. The van der Waals surface area contributed by atoms with Crippen LogP contribution < -0.4 is 4.90 Å². The molecule has 0 unspecified atom stereocenters. The average molecular weight is 345 g/mol. The van der Waals surface area contributed by atoms with Gasteiger partial charge in [0.1, 0.15) is 6.17 Å². The van der Waals surface area contributed by atoms with Crippen LogP contribution in [0.5, 0.6) is 0 Å². The summed E-state index contributed by atoms with van der Waals surface area (Å²) in [5, 5.41) is 0. The predicted octanol–water partition coefficient (Wildman–Crippen LogP) is 5.11. The molecule has 2 aliphatic carbocycles. The molecule has 0 radical (unpaired) electrons. The van der Waals surface area contributed by atoms with Gasteiger partial charge < -0.3 is 9.80 Å². The molecule has 134 valence electrons. The number of aromatic nitrogens is 1. The van der Waals surface area contributed by atoms with Crippen molar-refractivity contribution in [1.29, 1.82) is 0 Å². The first-order valence-corrected chi connectivity index (χ1v) is 9.84. The monoisotopic (exact) mass is 345 g/mol. The lowest BCUT2D eigenvalue weighted by molar-refractivity contribution is 0.381. The first-order valence-electron chi connectivity index (χ1n) is 9.84. The SMILES string of the molecule is Cc1ccc2c(n1)C1(CCCC1)c1c-2ccc(C)c1N1C=CN(C)[C@@H]1C. The zero-order valence-corrected chi connectivity index (χ0v) is 16.2. The molecule has 2 aromatic rings. The van der Waals surface area contributed by atoms with Gasteiger partial charge in [-0.1, -0.05) is 31.0 Å². The van der Waals surface area contributed by atoms with Crippen molar-refractivity contribution in [3.05, 3.63) is 59.2 Å². The van der Waals surface area contributed by atoms with Crippen LogP contribution in [0.3, 0.4) is 0 Å². The molecule has 3 nitrogen and oxygen atoms in total. The van der Waals surface area contributed by atoms with Gasteiger partial charge in [-0.15, -0.1) is 0 Å². The van der Waals surface area contributed by atoms with Crippen LogP contribution in [0.25, 0.3) is 11.1 Å². The highest BCUT2D eigenvalue weighted by Crippen LogP contribution is 2.59. The van der Waals surface area contributed by atoms with E-state index in [9.17, 15) is 0 Å². The molecule has 1 aromatic carbocycles. The molecule has 3 heteroatoms. The number of anilines is 1. The van der Waals surface area contributed by atoms with Crippen LogP contribution in [0.2, 0.25) is 0 Å². The summed E-state index contributed by atoms with van der Waals surface area (Å²) in [7, 11) is 2.16. The number of aryl methyl sites for hydroxylation is 2. The van der Waals surface area contributed by atoms with E-state index < -0.39 is 0 Å². The van der Waals surface area contributed by atoms with E-state index in [1.807, 2.05) is 0 Å². The van der Waals surface area contributed by atoms with Crippen LogP contribution in [-0.4, -0.2) is 23.1 Å². The third kappa shape index (κ3) is 1.92. The Morgan fingerprint density at radius 3 is 2.42 bits per heavy atom. The number of benzene rings is 1. The highest BCUT2D eigenvalue weighted by atomic mass is 15.4. The minimum absolute atomic E-state index is 0.104. The van der Waals surface area contributed by atoms with Gasteiger partial charge in [0.2, 0.25) is 0 Å². The second kappa shape index (κ2) is 5.35. The quantitative estimate of drug-likeness (QED) is 0.716. The Morgan fingerprint density at radius 2 is 1.73 bits per heavy atom. The van der Waals surface area contributed by atoms with Gasteiger partial charge >= 0.3 is 0 Å². The molecule has 2 heterocycles. The third-order valence-electron chi connectivity index (χ3n) is 6.81. The number of nitrogens with zero attached hydrogens (tertiary/aromatic N) is 3. The van der Waals surface area contributed by atoms with Gasteiger partial charge in [-0.25, -0.2) is 0 Å². The maximum absolute atomic E-state index is 5.09. The molecule has 1 aromatic heterocycles. The maximum Gasteiger partial charge on any atom is 0.102 e. The van der Waals surface area contributed by atoms with E-state index in [0.717, 1.165) is 5.69 Å². The second-order valence-corrected chi connectivity index (χ2v) is 8.29. The number of rotatable bonds is 1. The van der Waals surface area contributed by atoms with Crippen LogP contribution in [0.15, 0.2) is 36.7 Å². The van der Waals surface area contributed by atoms with E-state index in [2.05, 4.69) is 74.3 Å². The molecule has 3 aliphatic rings. The summed E-state index contributed by atoms with van der Waals surface area (Å²) in [5.74, 6) is 0. The Kier molecular flexibility index (Phi) is 3.28. The molecule has 0 saturated heterocycles. The molecule has 1 spiro atoms. The van der Waals surface area contributed by atoms with Gasteiger partial charge in [-0.2, -0.15) is 0 Å². The summed E-state index contributed by atoms with van der Waals surface area (Å²) in [6.45, 7) is 6.67. The Labute approximate surface area is 156 Å². The third-order valence-corrected chi connectivity index (χ3v) is 6.81. The van der Waals surface area contributed by atoms with Gasteiger partial charge in [0, 0.05) is 36.1 Å². The maximum atomic E-state index is 5.09. The highest BCUT2D eigenvalue weighted by Gasteiger charge is 2.49. The summed E-state index contributed by atoms with van der Waals surface area (Å²) in [4.78, 5) is 9.84. The van der Waals surface area contributed by atoms with Crippen molar-refractivity contribution < 1.29 is 0 Å². The molecular weight excluding hydrogens is 318 g/mol. The lowest BCUT2D eigenvalue weighted by Crippen LogP contribution is -2.36. The van der Waals surface area contributed by atoms with Gasteiger partial charge in [-0.05, 0) is 56.4 Å². The molecule has 1 fully saturated rings. The Bertz CT molecular complexity index is 921. The van der Waals surface area contributed by atoms with Crippen molar-refractivity contribution in [3.8, 4) is 11.1 Å². The van der Waals surface area contributed by atoms with Gasteiger partial charge in [0.15, 0.2) is 0 Å². The average Bonchev–Trinajstić information content (AvgIpc) is 3.30. The number of hydrogen-bond donors (Lipinski definition) is 0. The van der Waals surface area contributed by atoms with Crippen molar-refractivity contribution in [2.24, 2.45) is 0 Å². The zero-order valence-electron chi connectivity index (χ0n) is 16.2. The molecule has 5 rings (SSSR count). The molecule has 0 bridgehead atoms. The zero-order chi connectivity index (χ0) is 18.1. The standard InChI is InChI=1S/C23H27N3/c1-15-7-9-18-19-10-8-16(2)24-22(19)23(11-5-6-12-23)20(18)21(15)26-14-13-25(4)17(26)3/h7-10,13-14,17H,5-6,11-12H2,1-4H3/t17-/m0/s1. The summed E-state index contributed by atoms with van der Waals surface area (Å²) >= 11 is 0. The normalized spacial score (nSPS) is 22.4. The predicted molar refractivity (Wildman–Crippen MR) is 107 cm³/mol. The summed E-state index contributed by atoms with van der Waals surface area (Å²) < 4.78 is 0. The smallest absolute Gasteiger partial charge is 0.102 e. The minimum atomic E-state index is 0.104. The van der Waals surface area contributed by atoms with Crippen molar-refractivity contribution >= 4 is 5.69 Å². The molecule has 26 heavy (non-hydrogen) atoms. The minimum Gasteiger partial charge on any atom is -0.359 e. The molecule has 1 atom stereocenters. The summed E-state index contributed by atoms with van der Waals surface area (Å²) in [5.41, 5.74) is 9.65. The van der Waals surface area contributed by atoms with Crippen LogP contribution in [0.4, 0.5) is 5.69 Å². The number of pyridine rings is 1. The van der Waals surface area contributed by atoms with E-state index in [4.69, 9.17) is 4.98 Å². The Morgan fingerprint density at radius 1 is 1.00 bits per heavy atom. The topological polar surface area (TPSA) is 19.4 Å². The lowest BCUT2D eigenvalue weighted by Gasteiger charge is -2.35. The van der Waals surface area contributed by atoms with E-state index in [1.165, 1.54) is 59.3 Å². The number of hydrogen-bond acceptors (Lipinski definition) is 3. The van der Waals surface area contributed by atoms with Gasteiger partial charge in [-0.3, -0.25) is 4.98 Å². The van der Waals surface area contributed by atoms with E-state index in [-0.39, 0.29) is 5.41 Å². The van der Waals surface area contributed by atoms with Crippen molar-refractivity contribution in [3.63, 3.8) is 0 Å². The molecule has 1 aliphatic heterocycles. The van der Waals surface area contributed by atoms with Gasteiger partial charge in [0.05, 0.1) is 11.4 Å². The van der Waals surface area contributed by atoms with Crippen LogP contribution in [0, 0.1) is 13.8 Å². The largest absolute Gasteiger partial charge is 0.359 e. The summed E-state index contributed by atoms with van der Waals surface area (Å²) in [6, 6.07) is 9.11. The highest BCUT2D eigenvalue weighted by molar-refractivity contribution is 5.87. The van der Waals surface area contributed by atoms with Crippen LogP contribution in [-0.2, 0) is 5.41 Å². The fraction of sp³-hybridized carbons (Fsp3) is 0.435. The van der Waals surface area contributed by atoms with E-state index in [0.29, 0.717) is 6.17 Å². The lowest BCUT2D eigenvalue weighted by atomic mass is 9.77. The molecule has 0 N–H and O–H groups in total. The molecular formula is C23H27N3. The molecule has 1 saturated carbocycles. The second-order valence-electron chi connectivity index (χ2n) is 8.29. The van der Waals surface area contributed by atoms with Crippen molar-refractivity contribution in [2.45, 2.75) is 58.0 Å². The first kappa shape index (κ1) is 15.9.